The van der Waals surface area contributed by atoms with Crippen LogP contribution in [0.5, 0.6) is 0 Å². The zero-order chi connectivity index (χ0) is 16.3. The number of nitrogens with zero attached hydrogens (tertiary/aromatic N) is 1. The van der Waals surface area contributed by atoms with Gasteiger partial charge in [-0.25, -0.2) is 4.79 Å². The molecule has 0 bridgehead atoms. The highest BCUT2D eigenvalue weighted by molar-refractivity contribution is 7.16. The van der Waals surface area contributed by atoms with Gasteiger partial charge in [0.25, 0.3) is 0 Å². The van der Waals surface area contributed by atoms with E-state index in [0.717, 1.165) is 4.88 Å². The van der Waals surface area contributed by atoms with Gasteiger partial charge < -0.3 is 9.47 Å². The van der Waals surface area contributed by atoms with E-state index in [0.29, 0.717) is 17.5 Å². The molecule has 7 heteroatoms. The predicted octanol–water partition coefficient (Wildman–Crippen LogP) is 3.15. The molecule has 1 aromatic rings. The summed E-state index contributed by atoms with van der Waals surface area (Å²) >= 11 is 7.25. The quantitative estimate of drug-likeness (QED) is 0.844. The Morgan fingerprint density at radius 1 is 1.45 bits per heavy atom. The van der Waals surface area contributed by atoms with Crippen molar-refractivity contribution >= 4 is 34.8 Å². The second-order valence-corrected chi connectivity index (χ2v) is 7.91. The molecule has 1 unspecified atom stereocenters. The molecular formula is C15H20ClNO4S. The van der Waals surface area contributed by atoms with Gasteiger partial charge in [0.05, 0.1) is 17.6 Å². The second-order valence-electron chi connectivity index (χ2n) is 6.11. The number of ketones is 1. The molecule has 0 aliphatic carbocycles. The number of morpholine rings is 1. The Morgan fingerprint density at radius 3 is 2.77 bits per heavy atom. The number of carbonyl (C=O) groups excluding carboxylic acids is 2. The molecule has 22 heavy (non-hydrogen) atoms. The Morgan fingerprint density at radius 2 is 2.18 bits per heavy atom. The van der Waals surface area contributed by atoms with Crippen molar-refractivity contribution in [3.63, 3.8) is 0 Å². The SMILES string of the molecule is CC(C)(C)OC(=O)N1CCOCC1C(=O)Cc1ccc(Cl)s1. The number of amides is 1. The third-order valence-electron chi connectivity index (χ3n) is 3.11. The van der Waals surface area contributed by atoms with Crippen molar-refractivity contribution in [1.82, 2.24) is 4.90 Å². The van der Waals surface area contributed by atoms with Gasteiger partial charge >= 0.3 is 6.09 Å². The van der Waals surface area contributed by atoms with Crippen LogP contribution in [0.4, 0.5) is 4.79 Å². The average Bonchev–Trinajstić information content (AvgIpc) is 2.82. The van der Waals surface area contributed by atoms with Crippen LogP contribution in [-0.2, 0) is 20.7 Å². The molecule has 0 spiro atoms. The number of thiophene rings is 1. The maximum atomic E-state index is 12.5. The maximum absolute atomic E-state index is 12.5. The van der Waals surface area contributed by atoms with Crippen molar-refractivity contribution < 1.29 is 19.1 Å². The molecular weight excluding hydrogens is 326 g/mol. The minimum atomic E-state index is -0.607. The van der Waals surface area contributed by atoms with E-state index in [1.807, 2.05) is 6.07 Å². The van der Waals surface area contributed by atoms with Gasteiger partial charge in [0.2, 0.25) is 0 Å². The van der Waals surface area contributed by atoms with E-state index < -0.39 is 17.7 Å². The van der Waals surface area contributed by atoms with E-state index in [4.69, 9.17) is 21.1 Å². The molecule has 1 atom stereocenters. The van der Waals surface area contributed by atoms with Crippen molar-refractivity contribution in [3.05, 3.63) is 21.3 Å². The highest BCUT2D eigenvalue weighted by atomic mass is 35.5. The molecule has 1 aromatic heterocycles. The summed E-state index contributed by atoms with van der Waals surface area (Å²) in [7, 11) is 0. The highest BCUT2D eigenvalue weighted by Gasteiger charge is 2.35. The lowest BCUT2D eigenvalue weighted by molar-refractivity contribution is -0.129. The monoisotopic (exact) mass is 345 g/mol. The molecule has 0 N–H and O–H groups in total. The second kappa shape index (κ2) is 6.98. The van der Waals surface area contributed by atoms with Crippen molar-refractivity contribution in [1.29, 1.82) is 0 Å². The lowest BCUT2D eigenvalue weighted by atomic mass is 10.1. The maximum Gasteiger partial charge on any atom is 0.411 e. The zero-order valence-electron chi connectivity index (χ0n) is 12.9. The molecule has 2 rings (SSSR count). The van der Waals surface area contributed by atoms with Crippen LogP contribution >= 0.6 is 22.9 Å². The van der Waals surface area contributed by atoms with Gasteiger partial charge in [0.15, 0.2) is 5.78 Å². The van der Waals surface area contributed by atoms with E-state index in [2.05, 4.69) is 0 Å². The smallest absolute Gasteiger partial charge is 0.411 e. The van der Waals surface area contributed by atoms with Crippen LogP contribution in [0.15, 0.2) is 12.1 Å². The summed E-state index contributed by atoms with van der Waals surface area (Å²) in [5.74, 6) is -0.0657. The number of hydrogen-bond acceptors (Lipinski definition) is 5. The van der Waals surface area contributed by atoms with E-state index in [-0.39, 0.29) is 18.8 Å². The first-order chi connectivity index (χ1) is 10.3. The highest BCUT2D eigenvalue weighted by Crippen LogP contribution is 2.23. The van der Waals surface area contributed by atoms with Crippen LogP contribution in [-0.4, -0.2) is 48.2 Å². The fourth-order valence-corrected chi connectivity index (χ4v) is 3.24. The Balaban J connectivity index is 2.05. The number of Topliss-reactive ketones (excluding diaryl/α,β-unsaturated/α-hetero) is 1. The minimum absolute atomic E-state index is 0.0657. The zero-order valence-corrected chi connectivity index (χ0v) is 14.5. The van der Waals surface area contributed by atoms with Crippen molar-refractivity contribution in [2.75, 3.05) is 19.8 Å². The minimum Gasteiger partial charge on any atom is -0.444 e. The summed E-state index contributed by atoms with van der Waals surface area (Å²) in [6, 6.07) is 2.98. The fraction of sp³-hybridized carbons (Fsp3) is 0.600. The molecule has 1 fully saturated rings. The number of ether oxygens (including phenoxy) is 2. The number of rotatable bonds is 3. The predicted molar refractivity (Wildman–Crippen MR) is 85.6 cm³/mol. The van der Waals surface area contributed by atoms with Gasteiger partial charge in [-0.3, -0.25) is 9.69 Å². The summed E-state index contributed by atoms with van der Waals surface area (Å²) in [6.45, 7) is 6.38. The Hall–Kier alpha value is -1.11. The first-order valence-electron chi connectivity index (χ1n) is 7.10. The van der Waals surface area contributed by atoms with E-state index in [9.17, 15) is 9.59 Å². The third kappa shape index (κ3) is 4.69. The Kier molecular flexibility index (Phi) is 5.47. The molecule has 5 nitrogen and oxygen atoms in total. The fourth-order valence-electron chi connectivity index (χ4n) is 2.15. The molecule has 0 aromatic carbocycles. The van der Waals surface area contributed by atoms with E-state index in [1.165, 1.54) is 16.2 Å². The average molecular weight is 346 g/mol. The Bertz CT molecular complexity index is 552. The van der Waals surface area contributed by atoms with Gasteiger partial charge in [-0.15, -0.1) is 11.3 Å². The Labute approximate surface area is 139 Å². The number of halogens is 1. The van der Waals surface area contributed by atoms with E-state index >= 15 is 0 Å². The number of carbonyl (C=O) groups is 2. The topological polar surface area (TPSA) is 55.8 Å². The van der Waals surface area contributed by atoms with Gasteiger partial charge in [-0.05, 0) is 32.9 Å². The van der Waals surface area contributed by atoms with Crippen LogP contribution in [0.25, 0.3) is 0 Å². The first kappa shape index (κ1) is 17.2. The molecule has 1 aliphatic rings. The summed E-state index contributed by atoms with van der Waals surface area (Å²) < 4.78 is 11.4. The van der Waals surface area contributed by atoms with Crippen LogP contribution in [0.3, 0.4) is 0 Å². The molecule has 0 radical (unpaired) electrons. The third-order valence-corrected chi connectivity index (χ3v) is 4.34. The van der Waals surface area contributed by atoms with Gasteiger partial charge in [-0.1, -0.05) is 11.6 Å². The number of hydrogen-bond donors (Lipinski definition) is 0. The van der Waals surface area contributed by atoms with Crippen molar-refractivity contribution in [2.45, 2.75) is 38.8 Å². The van der Waals surface area contributed by atoms with Crippen LogP contribution in [0, 0.1) is 0 Å². The normalized spacial score (nSPS) is 19.1. The van der Waals surface area contributed by atoms with Crippen LogP contribution in [0.1, 0.15) is 25.6 Å². The lowest BCUT2D eigenvalue weighted by Crippen LogP contribution is -2.54. The van der Waals surface area contributed by atoms with Gasteiger partial charge in [-0.2, -0.15) is 0 Å². The van der Waals surface area contributed by atoms with Crippen molar-refractivity contribution in [3.8, 4) is 0 Å². The molecule has 1 amide bonds. The summed E-state index contributed by atoms with van der Waals surface area (Å²) in [5.41, 5.74) is -0.593. The van der Waals surface area contributed by atoms with Gasteiger partial charge in [0.1, 0.15) is 11.6 Å². The van der Waals surface area contributed by atoms with Gasteiger partial charge in [0, 0.05) is 17.8 Å². The standard InChI is InChI=1S/C15H20ClNO4S/c1-15(2,3)21-14(19)17-6-7-20-9-11(17)12(18)8-10-4-5-13(16)22-10/h4-5,11H,6-9H2,1-3H3. The molecule has 1 saturated heterocycles. The first-order valence-corrected chi connectivity index (χ1v) is 8.30. The molecule has 122 valence electrons. The summed E-state index contributed by atoms with van der Waals surface area (Å²) in [4.78, 5) is 27.1. The molecule has 1 aliphatic heterocycles. The van der Waals surface area contributed by atoms with Crippen molar-refractivity contribution in [2.24, 2.45) is 0 Å². The molecule has 2 heterocycles. The largest absolute Gasteiger partial charge is 0.444 e. The van der Waals surface area contributed by atoms with E-state index in [1.54, 1.807) is 26.8 Å². The lowest BCUT2D eigenvalue weighted by Gasteiger charge is -2.35. The summed E-state index contributed by atoms with van der Waals surface area (Å²) in [5, 5.41) is 0. The summed E-state index contributed by atoms with van der Waals surface area (Å²) in [6.07, 6.45) is -0.233. The van der Waals surface area contributed by atoms with Crippen LogP contribution in [0.2, 0.25) is 4.34 Å². The molecule has 0 saturated carbocycles. The van der Waals surface area contributed by atoms with Crippen LogP contribution < -0.4 is 0 Å².